The fourth-order valence-corrected chi connectivity index (χ4v) is 3.07. The number of amides is 1. The van der Waals surface area contributed by atoms with Crippen LogP contribution in [0.4, 0.5) is 5.69 Å². The molecule has 0 saturated heterocycles. The number of anilines is 1. The van der Waals surface area contributed by atoms with Crippen molar-refractivity contribution in [2.24, 2.45) is 0 Å². The summed E-state index contributed by atoms with van der Waals surface area (Å²) < 4.78 is 0. The molecule has 1 heterocycles. The number of nitrogens with one attached hydrogen (secondary N) is 1. The number of benzene rings is 3. The van der Waals surface area contributed by atoms with Crippen molar-refractivity contribution in [2.75, 3.05) is 5.32 Å². The first-order valence-corrected chi connectivity index (χ1v) is 8.07. The molecule has 0 bridgehead atoms. The molecule has 4 nitrogen and oxygen atoms in total. The highest BCUT2D eigenvalue weighted by Crippen LogP contribution is 2.30. The van der Waals surface area contributed by atoms with Gasteiger partial charge in [-0.2, -0.15) is 0 Å². The van der Waals surface area contributed by atoms with Gasteiger partial charge in [0.05, 0.1) is 16.8 Å². The van der Waals surface area contributed by atoms with E-state index in [1.807, 2.05) is 42.5 Å². The van der Waals surface area contributed by atoms with E-state index >= 15 is 0 Å². The molecule has 2 N–H and O–H groups in total. The molecule has 0 aliphatic heterocycles. The monoisotopic (exact) mass is 348 g/mol. The number of aromatic nitrogens is 1. The molecule has 0 unspecified atom stereocenters. The Morgan fingerprint density at radius 3 is 2.68 bits per heavy atom. The van der Waals surface area contributed by atoms with Crippen LogP contribution in [0, 0.1) is 0 Å². The van der Waals surface area contributed by atoms with Gasteiger partial charge in [0, 0.05) is 16.6 Å². The van der Waals surface area contributed by atoms with Gasteiger partial charge in [-0.25, -0.2) is 0 Å². The van der Waals surface area contributed by atoms with Gasteiger partial charge in [0.2, 0.25) is 0 Å². The summed E-state index contributed by atoms with van der Waals surface area (Å²) in [6, 6.07) is 17.9. The van der Waals surface area contributed by atoms with Crippen LogP contribution in [0.25, 0.3) is 21.7 Å². The van der Waals surface area contributed by atoms with Crippen LogP contribution in [0.2, 0.25) is 5.02 Å². The SMILES string of the molecule is O=C(Nc1cc(Cl)ccc1O)c1cc2ccccc2c2cccnc12. The zero-order chi connectivity index (χ0) is 17.4. The van der Waals surface area contributed by atoms with Crippen LogP contribution in [0.15, 0.2) is 66.9 Å². The van der Waals surface area contributed by atoms with Crippen LogP contribution < -0.4 is 5.32 Å². The molecule has 0 spiro atoms. The van der Waals surface area contributed by atoms with Gasteiger partial charge in [-0.1, -0.05) is 41.9 Å². The second-order valence-electron chi connectivity index (χ2n) is 5.66. The summed E-state index contributed by atoms with van der Waals surface area (Å²) in [5.74, 6) is -0.400. The molecule has 0 radical (unpaired) electrons. The summed E-state index contributed by atoms with van der Waals surface area (Å²) in [5, 5.41) is 15.9. The van der Waals surface area contributed by atoms with Crippen LogP contribution in [0.3, 0.4) is 0 Å². The van der Waals surface area contributed by atoms with Crippen molar-refractivity contribution in [3.63, 3.8) is 0 Å². The van der Waals surface area contributed by atoms with Crippen molar-refractivity contribution in [1.29, 1.82) is 0 Å². The van der Waals surface area contributed by atoms with Gasteiger partial charge in [0.1, 0.15) is 5.75 Å². The Labute approximate surface area is 148 Å². The molecular weight excluding hydrogens is 336 g/mol. The third-order valence-corrected chi connectivity index (χ3v) is 4.30. The number of hydrogen-bond donors (Lipinski definition) is 2. The number of fused-ring (bicyclic) bond motifs is 3. The highest BCUT2D eigenvalue weighted by atomic mass is 35.5. The van der Waals surface area contributed by atoms with Crippen molar-refractivity contribution >= 4 is 44.9 Å². The third-order valence-electron chi connectivity index (χ3n) is 4.07. The second kappa shape index (κ2) is 6.07. The molecule has 25 heavy (non-hydrogen) atoms. The van der Waals surface area contributed by atoms with Gasteiger partial charge in [-0.3, -0.25) is 9.78 Å². The van der Waals surface area contributed by atoms with Crippen LogP contribution in [-0.2, 0) is 0 Å². The maximum atomic E-state index is 12.8. The predicted octanol–water partition coefficient (Wildman–Crippen LogP) is 5.00. The Hall–Kier alpha value is -3.11. The van der Waals surface area contributed by atoms with Gasteiger partial charge in [-0.15, -0.1) is 0 Å². The van der Waals surface area contributed by atoms with E-state index in [0.29, 0.717) is 16.1 Å². The average Bonchev–Trinajstić information content (AvgIpc) is 2.64. The van der Waals surface area contributed by atoms with Gasteiger partial charge in [0.15, 0.2) is 0 Å². The molecule has 4 rings (SSSR count). The van der Waals surface area contributed by atoms with E-state index in [-0.39, 0.29) is 17.3 Å². The number of nitrogens with zero attached hydrogens (tertiary/aromatic N) is 1. The first-order chi connectivity index (χ1) is 12.1. The molecule has 1 amide bonds. The lowest BCUT2D eigenvalue weighted by Crippen LogP contribution is -2.13. The summed E-state index contributed by atoms with van der Waals surface area (Å²) in [4.78, 5) is 17.2. The Kier molecular flexibility index (Phi) is 3.75. The highest BCUT2D eigenvalue weighted by Gasteiger charge is 2.15. The van der Waals surface area contributed by atoms with Gasteiger partial charge < -0.3 is 10.4 Å². The van der Waals surface area contributed by atoms with Crippen molar-refractivity contribution in [3.8, 4) is 5.75 Å². The first kappa shape index (κ1) is 15.4. The molecule has 1 aromatic heterocycles. The standard InChI is InChI=1S/C20H13ClN2O2/c21-13-7-8-18(24)17(11-13)23-20(25)16-10-12-4-1-2-5-14(12)15-6-3-9-22-19(15)16/h1-11,24H,(H,23,25). The fraction of sp³-hybridized carbons (Fsp3) is 0. The fourth-order valence-electron chi connectivity index (χ4n) is 2.90. The smallest absolute Gasteiger partial charge is 0.258 e. The van der Waals surface area contributed by atoms with E-state index in [1.54, 1.807) is 12.3 Å². The minimum atomic E-state index is -0.355. The summed E-state index contributed by atoms with van der Waals surface area (Å²) in [6.07, 6.45) is 1.66. The molecule has 5 heteroatoms. The predicted molar refractivity (Wildman–Crippen MR) is 100 cm³/mol. The summed E-state index contributed by atoms with van der Waals surface area (Å²) in [7, 11) is 0. The van der Waals surface area contributed by atoms with E-state index in [4.69, 9.17) is 11.6 Å². The minimum Gasteiger partial charge on any atom is -0.506 e. The number of phenolic OH excluding ortho intramolecular Hbond substituents is 1. The molecule has 0 saturated carbocycles. The van der Waals surface area contributed by atoms with Crippen molar-refractivity contribution in [3.05, 3.63) is 77.4 Å². The number of pyridine rings is 1. The Balaban J connectivity index is 1.87. The summed E-state index contributed by atoms with van der Waals surface area (Å²) in [6.45, 7) is 0. The number of aromatic hydroxyl groups is 1. The Morgan fingerprint density at radius 2 is 1.80 bits per heavy atom. The molecule has 4 aromatic rings. The van der Waals surface area contributed by atoms with E-state index in [1.165, 1.54) is 12.1 Å². The quantitative estimate of drug-likeness (QED) is 0.396. The van der Waals surface area contributed by atoms with Crippen LogP contribution in [0.5, 0.6) is 5.75 Å². The van der Waals surface area contributed by atoms with Crippen molar-refractivity contribution in [2.45, 2.75) is 0 Å². The molecule has 0 atom stereocenters. The average molecular weight is 349 g/mol. The lowest BCUT2D eigenvalue weighted by molar-refractivity contribution is 0.102. The number of halogens is 1. The summed E-state index contributed by atoms with van der Waals surface area (Å²) >= 11 is 5.94. The second-order valence-corrected chi connectivity index (χ2v) is 6.10. The number of carbonyl (C=O) groups excluding carboxylic acids is 1. The molecule has 0 aliphatic carbocycles. The van der Waals surface area contributed by atoms with E-state index < -0.39 is 0 Å². The maximum absolute atomic E-state index is 12.8. The number of phenols is 1. The first-order valence-electron chi connectivity index (χ1n) is 7.70. The minimum absolute atomic E-state index is 0.0456. The molecular formula is C20H13ClN2O2. The zero-order valence-corrected chi connectivity index (χ0v) is 13.8. The lowest BCUT2D eigenvalue weighted by Gasteiger charge is -2.11. The van der Waals surface area contributed by atoms with Crippen molar-refractivity contribution < 1.29 is 9.90 Å². The van der Waals surface area contributed by atoms with Crippen molar-refractivity contribution in [1.82, 2.24) is 4.98 Å². The van der Waals surface area contributed by atoms with Gasteiger partial charge in [-0.05, 0) is 41.1 Å². The highest BCUT2D eigenvalue weighted by molar-refractivity contribution is 6.31. The van der Waals surface area contributed by atoms with E-state index in [2.05, 4.69) is 10.3 Å². The largest absolute Gasteiger partial charge is 0.506 e. The number of carbonyl (C=O) groups is 1. The normalized spacial score (nSPS) is 10.9. The number of rotatable bonds is 2. The molecule has 122 valence electrons. The van der Waals surface area contributed by atoms with E-state index in [0.717, 1.165) is 16.2 Å². The van der Waals surface area contributed by atoms with Gasteiger partial charge in [0.25, 0.3) is 5.91 Å². The summed E-state index contributed by atoms with van der Waals surface area (Å²) in [5.41, 5.74) is 1.31. The number of hydrogen-bond acceptors (Lipinski definition) is 3. The Bertz CT molecular complexity index is 1130. The Morgan fingerprint density at radius 1 is 1.00 bits per heavy atom. The van der Waals surface area contributed by atoms with E-state index in [9.17, 15) is 9.90 Å². The molecule has 3 aromatic carbocycles. The van der Waals surface area contributed by atoms with Crippen LogP contribution >= 0.6 is 11.6 Å². The van der Waals surface area contributed by atoms with Gasteiger partial charge >= 0.3 is 0 Å². The maximum Gasteiger partial charge on any atom is 0.258 e. The lowest BCUT2D eigenvalue weighted by atomic mass is 10.0. The van der Waals surface area contributed by atoms with Crippen LogP contribution in [0.1, 0.15) is 10.4 Å². The molecule has 0 aliphatic rings. The third kappa shape index (κ3) is 2.77. The molecule has 0 fully saturated rings. The topological polar surface area (TPSA) is 62.2 Å². The zero-order valence-electron chi connectivity index (χ0n) is 13.0. The van der Waals surface area contributed by atoms with Crippen LogP contribution in [-0.4, -0.2) is 16.0 Å².